The molecule has 0 aromatic carbocycles. The third-order valence-electron chi connectivity index (χ3n) is 1.10. The summed E-state index contributed by atoms with van der Waals surface area (Å²) in [6.45, 7) is 5.98. The van der Waals surface area contributed by atoms with Gasteiger partial charge in [0.2, 0.25) is 0 Å². The van der Waals surface area contributed by atoms with Crippen molar-refractivity contribution < 1.29 is 0 Å². The second kappa shape index (κ2) is 11.4. The van der Waals surface area contributed by atoms with E-state index in [1.807, 2.05) is 0 Å². The van der Waals surface area contributed by atoms with Crippen LogP contribution in [0.4, 0.5) is 0 Å². The molecule has 0 saturated heterocycles. The van der Waals surface area contributed by atoms with Crippen molar-refractivity contribution in [3.05, 3.63) is 6.92 Å². The molecule has 1 radical (unpaired) electrons. The first kappa shape index (κ1) is 12.3. The van der Waals surface area contributed by atoms with Crippen LogP contribution in [0, 0.1) is 6.92 Å². The topological polar surface area (TPSA) is 0 Å². The molecular formula is C7H16K. The van der Waals surface area contributed by atoms with Crippen LogP contribution in [-0.2, 0) is 0 Å². The first-order chi connectivity index (χ1) is 3.41. The maximum absolute atomic E-state index is 3.76. The fourth-order valence-electron chi connectivity index (χ4n) is 0.604. The van der Waals surface area contributed by atoms with Crippen molar-refractivity contribution >= 4 is 51.4 Å². The van der Waals surface area contributed by atoms with Crippen LogP contribution in [-0.4, -0.2) is 51.4 Å². The zero-order valence-electron chi connectivity index (χ0n) is 5.24. The molecule has 0 rings (SSSR count). The Morgan fingerprint density at radius 1 is 1.12 bits per heavy atom. The molecule has 0 atom stereocenters. The molecule has 0 nitrogen and oxygen atoms in total. The van der Waals surface area contributed by atoms with Gasteiger partial charge in [-0.3, -0.25) is 0 Å². The molecule has 0 aromatic heterocycles. The van der Waals surface area contributed by atoms with Gasteiger partial charge in [-0.1, -0.05) is 46.0 Å². The fourth-order valence-corrected chi connectivity index (χ4v) is 0.604. The van der Waals surface area contributed by atoms with Crippen molar-refractivity contribution in [3.8, 4) is 0 Å². The zero-order chi connectivity index (χ0) is 5.54. The molecule has 0 aromatic rings. The molecule has 0 spiro atoms. The average molecular weight is 139 g/mol. The van der Waals surface area contributed by atoms with Crippen LogP contribution in [0.1, 0.15) is 39.0 Å². The van der Waals surface area contributed by atoms with Crippen LogP contribution >= 0.6 is 0 Å². The van der Waals surface area contributed by atoms with Crippen LogP contribution in [0.15, 0.2) is 0 Å². The Labute approximate surface area is 95.9 Å². The Kier molecular flexibility index (Phi) is 17.6. The van der Waals surface area contributed by atoms with E-state index in [0.29, 0.717) is 0 Å². The van der Waals surface area contributed by atoms with E-state index in [4.69, 9.17) is 0 Å². The molecule has 0 saturated carbocycles. The van der Waals surface area contributed by atoms with Gasteiger partial charge in [0.25, 0.3) is 0 Å². The van der Waals surface area contributed by atoms with E-state index in [-0.39, 0.29) is 51.4 Å². The third-order valence-corrected chi connectivity index (χ3v) is 1.10. The van der Waals surface area contributed by atoms with Crippen LogP contribution in [0.3, 0.4) is 0 Å². The van der Waals surface area contributed by atoms with Crippen molar-refractivity contribution in [2.75, 3.05) is 0 Å². The van der Waals surface area contributed by atoms with E-state index in [2.05, 4.69) is 13.8 Å². The summed E-state index contributed by atoms with van der Waals surface area (Å²) in [5, 5.41) is 0. The minimum absolute atomic E-state index is 0. The van der Waals surface area contributed by atoms with Gasteiger partial charge in [0.15, 0.2) is 0 Å². The number of hydrogen-bond donors (Lipinski definition) is 0. The van der Waals surface area contributed by atoms with Gasteiger partial charge < -0.3 is 0 Å². The maximum atomic E-state index is 3.76. The summed E-state index contributed by atoms with van der Waals surface area (Å²) < 4.78 is 0. The van der Waals surface area contributed by atoms with Gasteiger partial charge in [0.1, 0.15) is 0 Å². The molecule has 0 aliphatic rings. The van der Waals surface area contributed by atoms with Crippen molar-refractivity contribution in [3.63, 3.8) is 0 Å². The molecule has 45 valence electrons. The van der Waals surface area contributed by atoms with Crippen molar-refractivity contribution in [1.82, 2.24) is 0 Å². The Morgan fingerprint density at radius 3 is 2.12 bits per heavy atom. The summed E-state index contributed by atoms with van der Waals surface area (Å²) in [5.74, 6) is 0. The van der Waals surface area contributed by atoms with Crippen molar-refractivity contribution in [1.29, 1.82) is 0 Å². The average Bonchev–Trinajstić information content (AvgIpc) is 1.69. The van der Waals surface area contributed by atoms with E-state index in [1.54, 1.807) is 0 Å². The van der Waals surface area contributed by atoms with Crippen molar-refractivity contribution in [2.24, 2.45) is 0 Å². The first-order valence-electron chi connectivity index (χ1n) is 3.21. The zero-order valence-corrected chi connectivity index (χ0v) is 5.24. The summed E-state index contributed by atoms with van der Waals surface area (Å²) in [6, 6.07) is 0. The van der Waals surface area contributed by atoms with Gasteiger partial charge in [0.05, 0.1) is 0 Å². The van der Waals surface area contributed by atoms with E-state index in [9.17, 15) is 0 Å². The summed E-state index contributed by atoms with van der Waals surface area (Å²) in [4.78, 5) is 0. The van der Waals surface area contributed by atoms with Crippen LogP contribution in [0.5, 0.6) is 0 Å². The van der Waals surface area contributed by atoms with Crippen LogP contribution in [0.2, 0.25) is 0 Å². The predicted molar refractivity (Wildman–Crippen MR) is 41.3 cm³/mol. The molecule has 0 bridgehead atoms. The van der Waals surface area contributed by atoms with Gasteiger partial charge in [-0.05, 0) is 0 Å². The number of rotatable bonds is 4. The quantitative estimate of drug-likeness (QED) is 0.413. The second-order valence-corrected chi connectivity index (χ2v) is 1.91. The normalized spacial score (nSPS) is 8.25. The van der Waals surface area contributed by atoms with Gasteiger partial charge in [-0.2, -0.15) is 0 Å². The van der Waals surface area contributed by atoms with Gasteiger partial charge >= 0.3 is 51.4 Å². The molecular weight excluding hydrogens is 123 g/mol. The Hall–Kier alpha value is 1.64. The van der Waals surface area contributed by atoms with E-state index < -0.39 is 0 Å². The van der Waals surface area contributed by atoms with Crippen molar-refractivity contribution in [2.45, 2.75) is 39.0 Å². The molecule has 0 fully saturated rings. The van der Waals surface area contributed by atoms with E-state index in [0.717, 1.165) is 6.42 Å². The molecule has 0 heterocycles. The molecule has 0 amide bonds. The van der Waals surface area contributed by atoms with Gasteiger partial charge in [0, 0.05) is 0 Å². The Bertz CT molecular complexity index is 23.6. The summed E-state index contributed by atoms with van der Waals surface area (Å²) in [6.07, 6.45) is 6.52. The van der Waals surface area contributed by atoms with E-state index >= 15 is 0 Å². The predicted octanol–water partition coefficient (Wildman–Crippen LogP) is 2.14. The summed E-state index contributed by atoms with van der Waals surface area (Å²) in [7, 11) is 0. The van der Waals surface area contributed by atoms with Crippen LogP contribution in [0.25, 0.3) is 0 Å². The minimum atomic E-state index is 0. The fraction of sp³-hybridized carbons (Fsp3) is 0.857. The standard InChI is InChI=1S/C7H15.K.H/c1-3-5-7-6-4-2;;/h1,3-7H2,2H3;;. The SMILES string of the molecule is [CH2]CCCCCC.[KH]. The monoisotopic (exact) mass is 139 g/mol. The Morgan fingerprint density at radius 2 is 1.75 bits per heavy atom. The number of unbranched alkanes of at least 4 members (excludes halogenated alkanes) is 4. The third kappa shape index (κ3) is 10.6. The summed E-state index contributed by atoms with van der Waals surface area (Å²) in [5.41, 5.74) is 0. The molecule has 0 aliphatic heterocycles. The summed E-state index contributed by atoms with van der Waals surface area (Å²) >= 11 is 0. The molecule has 0 N–H and O–H groups in total. The molecule has 0 unspecified atom stereocenters. The Balaban J connectivity index is 0. The molecule has 1 heteroatoms. The second-order valence-electron chi connectivity index (χ2n) is 1.91. The van der Waals surface area contributed by atoms with Gasteiger partial charge in [-0.15, -0.1) is 0 Å². The van der Waals surface area contributed by atoms with E-state index in [1.165, 1.54) is 25.7 Å². The number of hydrogen-bond acceptors (Lipinski definition) is 0. The molecule has 0 aliphatic carbocycles. The molecule has 8 heavy (non-hydrogen) atoms. The van der Waals surface area contributed by atoms with Crippen LogP contribution < -0.4 is 0 Å². The first-order valence-corrected chi connectivity index (χ1v) is 3.21. The van der Waals surface area contributed by atoms with Gasteiger partial charge in [-0.25, -0.2) is 0 Å².